The molecule has 4 rings (SSSR count). The van der Waals surface area contributed by atoms with E-state index in [1.54, 1.807) is 43.3 Å². The van der Waals surface area contributed by atoms with Gasteiger partial charge in [-0.1, -0.05) is 79.4 Å². The topological polar surface area (TPSA) is 86.8 Å². The second-order valence-corrected chi connectivity index (χ2v) is 12.6. The lowest BCUT2D eigenvalue weighted by Crippen LogP contribution is -2.53. The molecule has 1 aliphatic carbocycles. The van der Waals surface area contributed by atoms with Crippen LogP contribution in [0.2, 0.25) is 0 Å². The number of hydrogen-bond acceptors (Lipinski definition) is 4. The summed E-state index contributed by atoms with van der Waals surface area (Å²) >= 11 is 0. The number of aryl methyl sites for hydroxylation is 2. The van der Waals surface area contributed by atoms with Crippen LogP contribution >= 0.6 is 0 Å². The molecule has 0 heterocycles. The van der Waals surface area contributed by atoms with E-state index >= 15 is 0 Å². The molecule has 0 aliphatic heterocycles. The van der Waals surface area contributed by atoms with Gasteiger partial charge >= 0.3 is 0 Å². The summed E-state index contributed by atoms with van der Waals surface area (Å²) in [6, 6.07) is 22.3. The van der Waals surface area contributed by atoms with Crippen LogP contribution in [0, 0.1) is 13.8 Å². The number of benzene rings is 3. The smallest absolute Gasteiger partial charge is 0.264 e. The number of nitrogens with one attached hydrogen (secondary N) is 1. The Hall–Kier alpha value is -3.65. The molecule has 0 radical (unpaired) electrons. The zero-order valence-electron chi connectivity index (χ0n) is 23.5. The second-order valence-electron chi connectivity index (χ2n) is 10.7. The van der Waals surface area contributed by atoms with Crippen LogP contribution < -0.4 is 9.62 Å². The van der Waals surface area contributed by atoms with Gasteiger partial charge < -0.3 is 10.2 Å². The van der Waals surface area contributed by atoms with Gasteiger partial charge in [-0.3, -0.25) is 13.9 Å². The molecule has 1 atom stereocenters. The highest BCUT2D eigenvalue weighted by Gasteiger charge is 2.33. The van der Waals surface area contributed by atoms with E-state index in [1.165, 1.54) is 23.5 Å². The SMILES string of the molecule is Cc1ccc(CN(C(=O)CN(c2cccc(C)c2)S(=O)(=O)c2ccccc2)[C@H](C)C(=O)NC2CCCCC2)cc1. The maximum atomic E-state index is 14.0. The predicted octanol–water partition coefficient (Wildman–Crippen LogP) is 5.36. The zero-order valence-corrected chi connectivity index (χ0v) is 24.4. The summed E-state index contributed by atoms with van der Waals surface area (Å²) in [4.78, 5) is 29.0. The zero-order chi connectivity index (χ0) is 28.7. The van der Waals surface area contributed by atoms with E-state index in [2.05, 4.69) is 5.32 Å². The summed E-state index contributed by atoms with van der Waals surface area (Å²) in [6.07, 6.45) is 5.19. The molecule has 1 N–H and O–H groups in total. The average molecular weight is 562 g/mol. The van der Waals surface area contributed by atoms with Crippen LogP contribution in [-0.4, -0.2) is 43.8 Å². The Labute approximate surface area is 238 Å². The molecule has 8 heteroatoms. The molecule has 0 spiro atoms. The lowest BCUT2D eigenvalue weighted by atomic mass is 9.95. The van der Waals surface area contributed by atoms with Crippen molar-refractivity contribution in [2.24, 2.45) is 0 Å². The van der Waals surface area contributed by atoms with Crippen LogP contribution in [-0.2, 0) is 26.2 Å². The van der Waals surface area contributed by atoms with Crippen molar-refractivity contribution in [3.8, 4) is 0 Å². The first-order valence-electron chi connectivity index (χ1n) is 13.9. The fourth-order valence-corrected chi connectivity index (χ4v) is 6.50. The molecule has 212 valence electrons. The van der Waals surface area contributed by atoms with Gasteiger partial charge in [-0.25, -0.2) is 8.42 Å². The van der Waals surface area contributed by atoms with Crippen LogP contribution in [0.25, 0.3) is 0 Å². The van der Waals surface area contributed by atoms with Crippen molar-refractivity contribution in [2.45, 2.75) is 76.4 Å². The maximum absolute atomic E-state index is 14.0. The summed E-state index contributed by atoms with van der Waals surface area (Å²) in [7, 11) is -4.06. The van der Waals surface area contributed by atoms with E-state index in [1.807, 2.05) is 44.2 Å². The van der Waals surface area contributed by atoms with Crippen molar-refractivity contribution in [3.63, 3.8) is 0 Å². The molecule has 7 nitrogen and oxygen atoms in total. The van der Waals surface area contributed by atoms with E-state index in [0.717, 1.165) is 46.7 Å². The largest absolute Gasteiger partial charge is 0.352 e. The van der Waals surface area contributed by atoms with Crippen molar-refractivity contribution in [1.82, 2.24) is 10.2 Å². The molecule has 2 amide bonds. The fourth-order valence-electron chi connectivity index (χ4n) is 5.07. The molecular formula is C32H39N3O4S. The predicted molar refractivity (Wildman–Crippen MR) is 158 cm³/mol. The number of nitrogens with zero attached hydrogens (tertiary/aromatic N) is 2. The quantitative estimate of drug-likeness (QED) is 0.361. The van der Waals surface area contributed by atoms with Gasteiger partial charge in [0.25, 0.3) is 10.0 Å². The summed E-state index contributed by atoms with van der Waals surface area (Å²) < 4.78 is 28.8. The first kappa shape index (κ1) is 29.3. The first-order chi connectivity index (χ1) is 19.1. The Bertz CT molecular complexity index is 1400. The van der Waals surface area contributed by atoms with E-state index in [0.29, 0.717) is 5.69 Å². The fraction of sp³-hybridized carbons (Fsp3) is 0.375. The van der Waals surface area contributed by atoms with Gasteiger partial charge in [-0.05, 0) is 69.0 Å². The lowest BCUT2D eigenvalue weighted by Gasteiger charge is -2.33. The van der Waals surface area contributed by atoms with Crippen molar-refractivity contribution < 1.29 is 18.0 Å². The van der Waals surface area contributed by atoms with Crippen molar-refractivity contribution in [1.29, 1.82) is 0 Å². The van der Waals surface area contributed by atoms with Gasteiger partial charge in [0, 0.05) is 12.6 Å². The first-order valence-corrected chi connectivity index (χ1v) is 15.4. The second kappa shape index (κ2) is 13.1. The van der Waals surface area contributed by atoms with Crippen LogP contribution in [0.1, 0.15) is 55.7 Å². The third-order valence-electron chi connectivity index (χ3n) is 7.49. The highest BCUT2D eigenvalue weighted by atomic mass is 32.2. The Balaban J connectivity index is 1.66. The van der Waals surface area contributed by atoms with Gasteiger partial charge in [0.15, 0.2) is 0 Å². The normalized spacial score (nSPS) is 14.8. The highest BCUT2D eigenvalue weighted by molar-refractivity contribution is 7.92. The minimum atomic E-state index is -4.06. The summed E-state index contributed by atoms with van der Waals surface area (Å²) in [5.74, 6) is -0.673. The number of carbonyl (C=O) groups is 2. The van der Waals surface area contributed by atoms with Gasteiger partial charge in [-0.15, -0.1) is 0 Å². The van der Waals surface area contributed by atoms with Gasteiger partial charge in [-0.2, -0.15) is 0 Å². The monoisotopic (exact) mass is 561 g/mol. The van der Waals surface area contributed by atoms with Crippen LogP contribution in [0.15, 0.2) is 83.8 Å². The molecule has 1 fully saturated rings. The molecule has 1 saturated carbocycles. The molecule has 3 aromatic carbocycles. The van der Waals surface area contributed by atoms with Gasteiger partial charge in [0.05, 0.1) is 10.6 Å². The molecule has 3 aromatic rings. The Morgan fingerprint density at radius 3 is 2.20 bits per heavy atom. The molecule has 0 bridgehead atoms. The molecule has 0 saturated heterocycles. The van der Waals surface area contributed by atoms with Gasteiger partial charge in [0.2, 0.25) is 11.8 Å². The number of carbonyl (C=O) groups excluding carboxylic acids is 2. The Kier molecular flexibility index (Phi) is 9.63. The third kappa shape index (κ3) is 7.30. The Morgan fingerprint density at radius 2 is 1.55 bits per heavy atom. The van der Waals surface area contributed by atoms with Crippen LogP contribution in [0.4, 0.5) is 5.69 Å². The number of amides is 2. The molecule has 40 heavy (non-hydrogen) atoms. The van der Waals surface area contributed by atoms with E-state index in [4.69, 9.17) is 0 Å². The minimum Gasteiger partial charge on any atom is -0.352 e. The standard InChI is InChI=1S/C32H39N3O4S/c1-24-17-19-27(20-18-24)22-34(26(3)32(37)33-28-12-6-4-7-13-28)31(36)23-35(29-14-10-11-25(2)21-29)40(38,39)30-15-8-5-9-16-30/h5,8-11,14-21,26,28H,4,6-7,12-13,22-23H2,1-3H3,(H,33,37)/t26-/m1/s1. The van der Waals surface area contributed by atoms with Crippen molar-refractivity contribution in [2.75, 3.05) is 10.8 Å². The van der Waals surface area contributed by atoms with E-state index < -0.39 is 28.5 Å². The van der Waals surface area contributed by atoms with E-state index in [-0.39, 0.29) is 23.4 Å². The lowest BCUT2D eigenvalue weighted by molar-refractivity contribution is -0.139. The molecule has 0 aromatic heterocycles. The Morgan fingerprint density at radius 1 is 0.875 bits per heavy atom. The summed E-state index contributed by atoms with van der Waals surface area (Å²) in [5, 5.41) is 3.13. The summed E-state index contributed by atoms with van der Waals surface area (Å²) in [5.41, 5.74) is 3.22. The molecular weight excluding hydrogens is 522 g/mol. The maximum Gasteiger partial charge on any atom is 0.264 e. The molecule has 1 aliphatic rings. The highest BCUT2D eigenvalue weighted by Crippen LogP contribution is 2.25. The summed E-state index contributed by atoms with van der Waals surface area (Å²) in [6.45, 7) is 5.33. The average Bonchev–Trinajstić information content (AvgIpc) is 2.96. The molecule has 0 unspecified atom stereocenters. The van der Waals surface area contributed by atoms with E-state index in [9.17, 15) is 18.0 Å². The number of anilines is 1. The van der Waals surface area contributed by atoms with Crippen LogP contribution in [0.5, 0.6) is 0 Å². The van der Waals surface area contributed by atoms with Crippen molar-refractivity contribution in [3.05, 3.63) is 95.6 Å². The number of hydrogen-bond donors (Lipinski definition) is 1. The van der Waals surface area contributed by atoms with Gasteiger partial charge in [0.1, 0.15) is 12.6 Å². The van der Waals surface area contributed by atoms with Crippen molar-refractivity contribution >= 4 is 27.5 Å². The third-order valence-corrected chi connectivity index (χ3v) is 9.28. The minimum absolute atomic E-state index is 0.0949. The number of sulfonamides is 1. The number of rotatable bonds is 10. The van der Waals surface area contributed by atoms with Crippen LogP contribution in [0.3, 0.4) is 0 Å².